The normalized spacial score (nSPS) is 19.4. The number of urea groups is 1. The third kappa shape index (κ3) is 4.36. The summed E-state index contributed by atoms with van der Waals surface area (Å²) in [6.07, 6.45) is 2.91. The Morgan fingerprint density at radius 2 is 1.71 bits per heavy atom. The molecule has 1 aliphatic rings. The minimum absolute atomic E-state index is 0.224. The predicted molar refractivity (Wildman–Crippen MR) is 95.0 cm³/mol. The van der Waals surface area contributed by atoms with Crippen molar-refractivity contribution in [1.29, 1.82) is 0 Å². The van der Waals surface area contributed by atoms with Crippen LogP contribution in [-0.4, -0.2) is 29.8 Å². The van der Waals surface area contributed by atoms with E-state index in [1.165, 1.54) is 16.7 Å². The van der Waals surface area contributed by atoms with Crippen molar-refractivity contribution in [2.24, 2.45) is 0 Å². The number of hydrogen-bond acceptors (Lipinski definition) is 2. The lowest BCUT2D eigenvalue weighted by Crippen LogP contribution is -2.49. The van der Waals surface area contributed by atoms with Gasteiger partial charge in [0, 0.05) is 19.5 Å². The van der Waals surface area contributed by atoms with Gasteiger partial charge in [0.25, 0.3) is 0 Å². The Kier molecular flexibility index (Phi) is 5.16. The van der Waals surface area contributed by atoms with Crippen LogP contribution in [0.3, 0.4) is 0 Å². The number of carbonyl (C=O) groups excluding carboxylic acids is 1. The smallest absolute Gasteiger partial charge is 0.314 e. The van der Waals surface area contributed by atoms with Gasteiger partial charge in [0.2, 0.25) is 0 Å². The highest BCUT2D eigenvalue weighted by molar-refractivity contribution is 5.73. The molecule has 0 heterocycles. The molecule has 0 saturated heterocycles. The number of aliphatic hydroxyl groups is 1. The third-order valence-electron chi connectivity index (χ3n) is 4.62. The molecule has 0 saturated carbocycles. The highest BCUT2D eigenvalue weighted by Crippen LogP contribution is 2.28. The maximum atomic E-state index is 11.9. The second kappa shape index (κ2) is 7.49. The van der Waals surface area contributed by atoms with Gasteiger partial charge in [0.1, 0.15) is 0 Å². The van der Waals surface area contributed by atoms with Crippen molar-refractivity contribution < 1.29 is 9.90 Å². The molecule has 2 aromatic rings. The molecule has 3 rings (SSSR count). The highest BCUT2D eigenvalue weighted by Gasteiger charge is 2.32. The van der Waals surface area contributed by atoms with E-state index in [4.69, 9.17) is 0 Å². The van der Waals surface area contributed by atoms with Crippen LogP contribution in [0.25, 0.3) is 0 Å². The number of benzene rings is 2. The molecule has 4 heteroatoms. The van der Waals surface area contributed by atoms with Crippen molar-refractivity contribution in [2.45, 2.75) is 31.3 Å². The number of hydrogen-bond donors (Lipinski definition) is 3. The average Bonchev–Trinajstić information content (AvgIpc) is 2.61. The topological polar surface area (TPSA) is 61.4 Å². The van der Waals surface area contributed by atoms with Crippen LogP contribution in [-0.2, 0) is 19.3 Å². The Morgan fingerprint density at radius 1 is 1.00 bits per heavy atom. The van der Waals surface area contributed by atoms with Crippen molar-refractivity contribution in [1.82, 2.24) is 10.6 Å². The van der Waals surface area contributed by atoms with Gasteiger partial charge in [-0.2, -0.15) is 0 Å². The van der Waals surface area contributed by atoms with Crippen LogP contribution in [0.5, 0.6) is 0 Å². The lowest BCUT2D eigenvalue weighted by atomic mass is 9.80. The number of carbonyl (C=O) groups is 1. The zero-order chi connectivity index (χ0) is 16.8. The number of amides is 2. The molecule has 0 aromatic heterocycles. The van der Waals surface area contributed by atoms with E-state index in [0.717, 1.165) is 12.8 Å². The van der Waals surface area contributed by atoms with Gasteiger partial charge in [-0.1, -0.05) is 54.6 Å². The minimum atomic E-state index is -0.856. The molecule has 1 unspecified atom stereocenters. The second-order valence-electron chi connectivity index (χ2n) is 6.51. The Balaban J connectivity index is 1.43. The first kappa shape index (κ1) is 16.5. The maximum Gasteiger partial charge on any atom is 0.314 e. The summed E-state index contributed by atoms with van der Waals surface area (Å²) in [6.45, 7) is 0.857. The lowest BCUT2D eigenvalue weighted by molar-refractivity contribution is 0.0291. The molecule has 126 valence electrons. The molecule has 3 N–H and O–H groups in total. The Morgan fingerprint density at radius 3 is 2.50 bits per heavy atom. The zero-order valence-corrected chi connectivity index (χ0v) is 13.8. The first-order chi connectivity index (χ1) is 11.6. The lowest BCUT2D eigenvalue weighted by Gasteiger charge is -2.33. The van der Waals surface area contributed by atoms with Crippen LogP contribution in [0.1, 0.15) is 23.1 Å². The summed E-state index contributed by atoms with van der Waals surface area (Å²) in [5.74, 6) is 0. The fourth-order valence-electron chi connectivity index (χ4n) is 3.21. The standard InChI is InChI=1S/C20H24N2O2/c23-19(21-13-11-16-6-2-1-3-7-16)22-15-20(24)12-10-17-8-4-5-9-18(17)14-20/h1-9,24H,10-15H2,(H2,21,22,23). The summed E-state index contributed by atoms with van der Waals surface area (Å²) in [5, 5.41) is 16.4. The van der Waals surface area contributed by atoms with Crippen LogP contribution >= 0.6 is 0 Å². The quantitative estimate of drug-likeness (QED) is 0.791. The van der Waals surface area contributed by atoms with E-state index in [1.807, 2.05) is 42.5 Å². The van der Waals surface area contributed by atoms with E-state index in [0.29, 0.717) is 19.4 Å². The van der Waals surface area contributed by atoms with Crippen molar-refractivity contribution in [3.63, 3.8) is 0 Å². The molecular weight excluding hydrogens is 300 g/mol. The first-order valence-electron chi connectivity index (χ1n) is 8.49. The molecule has 0 spiro atoms. The molecule has 0 aliphatic heterocycles. The summed E-state index contributed by atoms with van der Waals surface area (Å²) in [6, 6.07) is 18.0. The molecule has 2 amide bonds. The van der Waals surface area contributed by atoms with Gasteiger partial charge in [0.15, 0.2) is 0 Å². The fourth-order valence-corrected chi connectivity index (χ4v) is 3.21. The average molecular weight is 324 g/mol. The van der Waals surface area contributed by atoms with E-state index < -0.39 is 5.60 Å². The SMILES string of the molecule is O=C(NCCc1ccccc1)NCC1(O)CCc2ccccc2C1. The highest BCUT2D eigenvalue weighted by atomic mass is 16.3. The molecule has 0 radical (unpaired) electrons. The summed E-state index contributed by atoms with van der Waals surface area (Å²) in [4.78, 5) is 11.9. The van der Waals surface area contributed by atoms with Crippen molar-refractivity contribution in [3.05, 3.63) is 71.3 Å². The van der Waals surface area contributed by atoms with Crippen molar-refractivity contribution in [2.75, 3.05) is 13.1 Å². The van der Waals surface area contributed by atoms with Gasteiger partial charge in [-0.15, -0.1) is 0 Å². The number of aryl methyl sites for hydroxylation is 1. The minimum Gasteiger partial charge on any atom is -0.388 e. The molecule has 0 bridgehead atoms. The molecule has 0 fully saturated rings. The van der Waals surface area contributed by atoms with E-state index in [2.05, 4.69) is 22.8 Å². The Labute approximate surface area is 142 Å². The summed E-state index contributed by atoms with van der Waals surface area (Å²) in [5.41, 5.74) is 2.82. The molecule has 4 nitrogen and oxygen atoms in total. The predicted octanol–water partition coefficient (Wildman–Crippen LogP) is 2.45. The molecular formula is C20H24N2O2. The maximum absolute atomic E-state index is 11.9. The van der Waals surface area contributed by atoms with Crippen LogP contribution in [0.4, 0.5) is 4.79 Å². The van der Waals surface area contributed by atoms with Gasteiger partial charge in [-0.25, -0.2) is 4.79 Å². The number of fused-ring (bicyclic) bond motifs is 1. The Bertz CT molecular complexity index is 687. The second-order valence-corrected chi connectivity index (χ2v) is 6.51. The van der Waals surface area contributed by atoms with Gasteiger partial charge in [-0.3, -0.25) is 0 Å². The van der Waals surface area contributed by atoms with Crippen molar-refractivity contribution in [3.8, 4) is 0 Å². The monoisotopic (exact) mass is 324 g/mol. The van der Waals surface area contributed by atoms with Gasteiger partial charge in [-0.05, 0) is 36.0 Å². The van der Waals surface area contributed by atoms with E-state index in [1.54, 1.807) is 0 Å². The third-order valence-corrected chi connectivity index (χ3v) is 4.62. The number of rotatable bonds is 5. The van der Waals surface area contributed by atoms with Crippen molar-refractivity contribution >= 4 is 6.03 Å². The molecule has 1 atom stereocenters. The number of nitrogens with one attached hydrogen (secondary N) is 2. The van der Waals surface area contributed by atoms with Gasteiger partial charge < -0.3 is 15.7 Å². The van der Waals surface area contributed by atoms with E-state index >= 15 is 0 Å². The van der Waals surface area contributed by atoms with Gasteiger partial charge in [0.05, 0.1) is 5.60 Å². The molecule has 24 heavy (non-hydrogen) atoms. The van der Waals surface area contributed by atoms with E-state index in [-0.39, 0.29) is 12.6 Å². The summed E-state index contributed by atoms with van der Waals surface area (Å²) in [7, 11) is 0. The summed E-state index contributed by atoms with van der Waals surface area (Å²) >= 11 is 0. The summed E-state index contributed by atoms with van der Waals surface area (Å²) < 4.78 is 0. The Hall–Kier alpha value is -2.33. The van der Waals surface area contributed by atoms with Gasteiger partial charge >= 0.3 is 6.03 Å². The fraction of sp³-hybridized carbons (Fsp3) is 0.350. The van der Waals surface area contributed by atoms with Crippen LogP contribution < -0.4 is 10.6 Å². The van der Waals surface area contributed by atoms with E-state index in [9.17, 15) is 9.90 Å². The molecule has 2 aromatic carbocycles. The van der Waals surface area contributed by atoms with Crippen LogP contribution in [0.2, 0.25) is 0 Å². The largest absolute Gasteiger partial charge is 0.388 e. The van der Waals surface area contributed by atoms with Crippen LogP contribution in [0.15, 0.2) is 54.6 Å². The van der Waals surface area contributed by atoms with Crippen LogP contribution in [0, 0.1) is 0 Å². The zero-order valence-electron chi connectivity index (χ0n) is 13.8. The first-order valence-corrected chi connectivity index (χ1v) is 8.49. The molecule has 1 aliphatic carbocycles.